The summed E-state index contributed by atoms with van der Waals surface area (Å²) in [5.41, 5.74) is 0. The van der Waals surface area contributed by atoms with Crippen LogP contribution in [0.25, 0.3) is 0 Å². The van der Waals surface area contributed by atoms with Gasteiger partial charge in [0.25, 0.3) is 0 Å². The van der Waals surface area contributed by atoms with Crippen molar-refractivity contribution in [2.24, 2.45) is 0 Å². The minimum Gasteiger partial charge on any atom is -0.243 e. The Kier molecular flexibility index (Phi) is 13.0. The first-order chi connectivity index (χ1) is 24.2. The predicted molar refractivity (Wildman–Crippen MR) is 93.3 cm³/mol. The maximum Gasteiger partial charge on any atom is 0.470 e. The smallest absolute Gasteiger partial charge is 0.243 e. The van der Waals surface area contributed by atoms with E-state index in [0.29, 0.717) is 0 Å². The first-order valence-electron chi connectivity index (χ1n) is 11.7. The van der Waals surface area contributed by atoms with Crippen LogP contribution in [0, 0.1) is 0 Å². The van der Waals surface area contributed by atoms with Crippen molar-refractivity contribution in [2.75, 3.05) is 0 Å². The van der Waals surface area contributed by atoms with Gasteiger partial charge >= 0.3 is 103 Å². The maximum absolute atomic E-state index is 13.8. The minimum absolute atomic E-state index is 1.81. The lowest BCUT2D eigenvalue weighted by atomic mass is 10.00. The van der Waals surface area contributed by atoms with E-state index in [1.54, 1.807) is 0 Å². The molecular formula is C17F38N2O. The second kappa shape index (κ2) is 13.6. The van der Waals surface area contributed by atoms with Gasteiger partial charge in [-0.3, -0.25) is 0 Å². The Morgan fingerprint density at radius 3 is 0.603 bits per heavy atom. The Morgan fingerprint density at radius 1 is 0.293 bits per heavy atom. The average molecular weight is 970 g/mol. The Hall–Kier alpha value is -2.78. The second-order valence-electron chi connectivity index (χ2n) is 9.92. The number of alkyl halides is 38. The molecule has 350 valence electrons. The van der Waals surface area contributed by atoms with E-state index in [4.69, 9.17) is 0 Å². The van der Waals surface area contributed by atoms with E-state index >= 15 is 0 Å². The third kappa shape index (κ3) is 7.60. The lowest BCUT2D eigenvalue weighted by molar-refractivity contribution is -0.594. The highest BCUT2D eigenvalue weighted by Gasteiger charge is 2.96. The predicted octanol–water partition coefficient (Wildman–Crippen LogP) is 11.8. The number of halogens is 38. The molecule has 0 saturated carbocycles. The zero-order chi connectivity index (χ0) is 48.4. The summed E-state index contributed by atoms with van der Waals surface area (Å²) in [5, 5.41) is 0. The van der Waals surface area contributed by atoms with Crippen LogP contribution in [0.5, 0.6) is 0 Å². The van der Waals surface area contributed by atoms with Crippen molar-refractivity contribution in [3.63, 3.8) is 0 Å². The highest BCUT2D eigenvalue weighted by molar-refractivity contribution is 5.12. The quantitative estimate of drug-likeness (QED) is 0.169. The van der Waals surface area contributed by atoms with Crippen LogP contribution in [0.15, 0.2) is 0 Å². The summed E-state index contributed by atoms with van der Waals surface area (Å²) in [6, 6.07) is -42.9. The number of hydrogen-bond acceptors (Lipinski definition) is 3. The minimum atomic E-state index is -9.81. The summed E-state index contributed by atoms with van der Waals surface area (Å²) in [6.07, 6.45) is -45.1. The zero-order valence-electron chi connectivity index (χ0n) is 24.2. The number of ether oxygens (including phenoxy) is 1. The van der Waals surface area contributed by atoms with E-state index in [2.05, 4.69) is 0 Å². The molecule has 0 atom stereocenters. The van der Waals surface area contributed by atoms with Crippen LogP contribution in [0.1, 0.15) is 0 Å². The Morgan fingerprint density at radius 2 is 0.466 bits per heavy atom. The molecule has 58 heavy (non-hydrogen) atoms. The summed E-state index contributed by atoms with van der Waals surface area (Å²) < 4.78 is 486. The summed E-state index contributed by atoms with van der Waals surface area (Å²) in [7, 11) is 0. The van der Waals surface area contributed by atoms with Gasteiger partial charge in [-0.2, -0.15) is 167 Å². The van der Waals surface area contributed by atoms with Gasteiger partial charge in [-0.05, 0) is 0 Å². The molecule has 41 heteroatoms. The molecule has 0 radical (unpaired) electrons. The van der Waals surface area contributed by atoms with Crippen molar-refractivity contribution in [2.45, 2.75) is 103 Å². The molecule has 1 fully saturated rings. The van der Waals surface area contributed by atoms with Gasteiger partial charge in [0.05, 0.1) is 0 Å². The molecule has 0 N–H and O–H groups in total. The van der Waals surface area contributed by atoms with Crippen LogP contribution in [0.4, 0.5) is 167 Å². The van der Waals surface area contributed by atoms with Crippen molar-refractivity contribution in [3.8, 4) is 0 Å². The molecule has 0 bridgehead atoms. The standard InChI is InChI=1S/C12F27N.C5F11NO/c13-1(14,7(25,26)27)4(19,20)10(34,35)40(11(36,37)5(21,22)2(15,16)8(28,29)30)12(38,39)6(23,24)3(17,18)9(31,32)33;6-1(7)3(10,11)18-4(12,13)2(8,9)17(1)5(14,15)16. The van der Waals surface area contributed by atoms with Gasteiger partial charge in [-0.25, -0.2) is 4.74 Å². The number of morpholine rings is 1. The lowest BCUT2D eigenvalue weighted by Crippen LogP contribution is -2.81. The second-order valence-corrected chi connectivity index (χ2v) is 9.92. The van der Waals surface area contributed by atoms with Gasteiger partial charge in [0.1, 0.15) is 0 Å². The fraction of sp³-hybridized carbons (Fsp3) is 1.00. The monoisotopic (exact) mass is 970 g/mol. The van der Waals surface area contributed by atoms with E-state index in [0.717, 1.165) is 0 Å². The van der Waals surface area contributed by atoms with Gasteiger partial charge < -0.3 is 0 Å². The molecular weight excluding hydrogens is 970 g/mol. The number of nitrogens with zero attached hydrogens (tertiary/aromatic N) is 2. The van der Waals surface area contributed by atoms with Crippen molar-refractivity contribution in [1.29, 1.82) is 0 Å². The van der Waals surface area contributed by atoms with Gasteiger partial charge in [0.15, 0.2) is 0 Å². The first-order valence-corrected chi connectivity index (χ1v) is 11.7. The normalized spacial score (nSPS) is 21.2. The maximum atomic E-state index is 13.8. The SMILES string of the molecule is FC(F)(F)C(F)(F)C(F)(F)C(F)(F)N(C(F)(F)C(F)(F)C(F)(F)C(F)(F)F)C(F)(F)C(F)(F)C(F)(F)C(F)(F)F.FC(F)(F)N1C(F)(F)C(F)(F)OC(F)(F)C1(F)F. The molecule has 1 rings (SSSR count). The van der Waals surface area contributed by atoms with Crippen molar-refractivity contribution < 1.29 is 172 Å². The summed E-state index contributed by atoms with van der Waals surface area (Å²) >= 11 is 0. The topological polar surface area (TPSA) is 15.7 Å². The molecule has 1 aliphatic heterocycles. The Bertz CT molecular complexity index is 1310. The van der Waals surface area contributed by atoms with Crippen LogP contribution >= 0.6 is 0 Å². The third-order valence-electron chi connectivity index (χ3n) is 6.00. The molecule has 0 aromatic rings. The molecule has 3 nitrogen and oxygen atoms in total. The molecule has 1 saturated heterocycles. The van der Waals surface area contributed by atoms with Crippen LogP contribution in [-0.2, 0) is 4.74 Å². The van der Waals surface area contributed by atoms with Gasteiger partial charge in [-0.1, -0.05) is 4.90 Å². The first kappa shape index (κ1) is 55.2. The lowest BCUT2D eigenvalue weighted by Gasteiger charge is -2.49. The molecule has 0 amide bonds. The molecule has 0 aromatic heterocycles. The molecule has 0 spiro atoms. The van der Waals surface area contributed by atoms with E-state index < -0.39 is 113 Å². The highest BCUT2D eigenvalue weighted by Crippen LogP contribution is 2.66. The summed E-state index contributed by atoms with van der Waals surface area (Å²) in [4.78, 5) is -9.68. The molecule has 0 unspecified atom stereocenters. The fourth-order valence-corrected chi connectivity index (χ4v) is 3.09. The van der Waals surface area contributed by atoms with E-state index in [1.807, 2.05) is 4.74 Å². The van der Waals surface area contributed by atoms with Gasteiger partial charge in [0.2, 0.25) is 0 Å². The van der Waals surface area contributed by atoms with Crippen LogP contribution < -0.4 is 0 Å². The molecule has 0 aromatic carbocycles. The average Bonchev–Trinajstić information content (AvgIpc) is 2.87. The van der Waals surface area contributed by atoms with Crippen molar-refractivity contribution >= 4 is 0 Å². The number of rotatable bonds is 9. The van der Waals surface area contributed by atoms with Crippen LogP contribution in [-0.4, -0.2) is 113 Å². The fourth-order valence-electron chi connectivity index (χ4n) is 3.09. The van der Waals surface area contributed by atoms with Crippen LogP contribution in [0.2, 0.25) is 0 Å². The zero-order valence-corrected chi connectivity index (χ0v) is 24.2. The third-order valence-corrected chi connectivity index (χ3v) is 6.00. The van der Waals surface area contributed by atoms with Gasteiger partial charge in [-0.15, -0.1) is 4.90 Å². The van der Waals surface area contributed by atoms with Crippen LogP contribution in [0.3, 0.4) is 0 Å². The van der Waals surface area contributed by atoms with E-state index in [1.165, 1.54) is 0 Å². The number of hydrogen-bond donors (Lipinski definition) is 0. The summed E-state index contributed by atoms with van der Waals surface area (Å²) in [5.74, 6) is -55.4. The molecule has 1 aliphatic rings. The van der Waals surface area contributed by atoms with Crippen molar-refractivity contribution in [3.05, 3.63) is 0 Å². The molecule has 0 aliphatic carbocycles. The van der Waals surface area contributed by atoms with E-state index in [-0.39, 0.29) is 0 Å². The highest BCUT2D eigenvalue weighted by atomic mass is 19.5. The Balaban J connectivity index is 0.00000149. The Labute approximate surface area is 286 Å². The van der Waals surface area contributed by atoms with Crippen molar-refractivity contribution in [1.82, 2.24) is 9.80 Å². The van der Waals surface area contributed by atoms with E-state index in [9.17, 15) is 167 Å². The molecule has 1 heterocycles. The van der Waals surface area contributed by atoms with Gasteiger partial charge in [0, 0.05) is 0 Å². The summed E-state index contributed by atoms with van der Waals surface area (Å²) in [6.45, 7) is 0. The largest absolute Gasteiger partial charge is 0.470 e.